The predicted molar refractivity (Wildman–Crippen MR) is 77.4 cm³/mol. The third-order valence-corrected chi connectivity index (χ3v) is 3.86. The fourth-order valence-electron chi connectivity index (χ4n) is 2.38. The van der Waals surface area contributed by atoms with Crippen LogP contribution in [0, 0.1) is 5.92 Å². The van der Waals surface area contributed by atoms with Crippen molar-refractivity contribution in [3.63, 3.8) is 0 Å². The van der Waals surface area contributed by atoms with Gasteiger partial charge in [-0.2, -0.15) is 0 Å². The van der Waals surface area contributed by atoms with Gasteiger partial charge in [-0.05, 0) is 43.5 Å². The molecule has 1 unspecified atom stereocenters. The zero-order valence-electron chi connectivity index (χ0n) is 12.1. The number of fused-ring (bicyclic) bond motifs is 1. The molecule has 0 spiro atoms. The Bertz CT molecular complexity index is 445. The van der Waals surface area contributed by atoms with Gasteiger partial charge < -0.3 is 19.5 Å². The first-order valence-electron chi connectivity index (χ1n) is 7.51. The number of ether oxygens (including phenoxy) is 3. The average molecular weight is 277 g/mol. The Labute approximate surface area is 120 Å². The van der Waals surface area contributed by atoms with Crippen LogP contribution in [0.3, 0.4) is 0 Å². The lowest BCUT2D eigenvalue weighted by Crippen LogP contribution is -2.22. The van der Waals surface area contributed by atoms with Crippen molar-refractivity contribution in [2.24, 2.45) is 5.92 Å². The summed E-state index contributed by atoms with van der Waals surface area (Å²) in [6, 6.07) is 6.37. The summed E-state index contributed by atoms with van der Waals surface area (Å²) in [5.74, 6) is 2.50. The van der Waals surface area contributed by atoms with Crippen LogP contribution in [-0.4, -0.2) is 33.5 Å². The molecule has 4 nitrogen and oxygen atoms in total. The van der Waals surface area contributed by atoms with Crippen molar-refractivity contribution in [2.45, 2.75) is 25.3 Å². The van der Waals surface area contributed by atoms with Crippen molar-refractivity contribution in [3.8, 4) is 11.5 Å². The van der Waals surface area contributed by atoms with Gasteiger partial charge in [0.25, 0.3) is 0 Å². The molecule has 0 bridgehead atoms. The molecule has 4 heteroatoms. The second kappa shape index (κ2) is 6.46. The Morgan fingerprint density at radius 2 is 2.05 bits per heavy atom. The van der Waals surface area contributed by atoms with Gasteiger partial charge in [-0.15, -0.1) is 0 Å². The molecular weight excluding hydrogens is 254 g/mol. The molecule has 0 aromatic heterocycles. The van der Waals surface area contributed by atoms with E-state index in [4.69, 9.17) is 14.2 Å². The van der Waals surface area contributed by atoms with E-state index in [-0.39, 0.29) is 6.04 Å². The lowest BCUT2D eigenvalue weighted by atomic mass is 10.1. The minimum Gasteiger partial charge on any atom is -0.490 e. The lowest BCUT2D eigenvalue weighted by molar-refractivity contribution is 0.105. The first-order valence-corrected chi connectivity index (χ1v) is 7.51. The Kier molecular flexibility index (Phi) is 4.43. The smallest absolute Gasteiger partial charge is 0.161 e. The van der Waals surface area contributed by atoms with Crippen molar-refractivity contribution >= 4 is 0 Å². The van der Waals surface area contributed by atoms with Crippen LogP contribution in [0.2, 0.25) is 0 Å². The Morgan fingerprint density at radius 1 is 1.25 bits per heavy atom. The Balaban J connectivity index is 1.65. The number of rotatable bonds is 6. The first-order chi connectivity index (χ1) is 9.86. The molecule has 2 aliphatic rings. The van der Waals surface area contributed by atoms with Gasteiger partial charge in [-0.25, -0.2) is 0 Å². The summed E-state index contributed by atoms with van der Waals surface area (Å²) in [5.41, 5.74) is 1.19. The number of hydrogen-bond acceptors (Lipinski definition) is 4. The number of nitrogens with one attached hydrogen (secondary N) is 1. The fraction of sp³-hybridized carbons (Fsp3) is 0.625. The van der Waals surface area contributed by atoms with Gasteiger partial charge in [0.15, 0.2) is 11.5 Å². The molecule has 20 heavy (non-hydrogen) atoms. The molecule has 3 rings (SSSR count). The van der Waals surface area contributed by atoms with E-state index >= 15 is 0 Å². The van der Waals surface area contributed by atoms with E-state index in [0.717, 1.165) is 43.7 Å². The van der Waals surface area contributed by atoms with E-state index in [1.54, 1.807) is 0 Å². The van der Waals surface area contributed by atoms with Crippen LogP contribution in [0.1, 0.15) is 30.9 Å². The van der Waals surface area contributed by atoms with Crippen LogP contribution in [0.25, 0.3) is 0 Å². The number of benzene rings is 1. The zero-order chi connectivity index (χ0) is 13.8. The van der Waals surface area contributed by atoms with Crippen LogP contribution >= 0.6 is 0 Å². The highest BCUT2D eigenvalue weighted by Crippen LogP contribution is 2.33. The van der Waals surface area contributed by atoms with Crippen molar-refractivity contribution in [1.82, 2.24) is 5.32 Å². The Morgan fingerprint density at radius 3 is 2.80 bits per heavy atom. The maximum absolute atomic E-state index is 5.80. The monoisotopic (exact) mass is 277 g/mol. The van der Waals surface area contributed by atoms with Crippen molar-refractivity contribution in [2.75, 3.05) is 33.5 Å². The molecule has 1 aromatic carbocycles. The standard InChI is InChI=1S/C16H23NO3/c1-17-14(11-18-10-12-3-4-12)13-5-6-15-16(9-13)20-8-2-7-19-15/h5-6,9,12,14,17H,2-4,7-8,10-11H2,1H3. The summed E-state index contributed by atoms with van der Waals surface area (Å²) in [5, 5.41) is 3.31. The second-order valence-electron chi connectivity index (χ2n) is 5.58. The highest BCUT2D eigenvalue weighted by atomic mass is 16.5. The van der Waals surface area contributed by atoms with E-state index in [1.807, 2.05) is 13.1 Å². The molecule has 1 N–H and O–H groups in total. The SMILES string of the molecule is CNC(COCC1CC1)c1ccc2c(c1)OCCCO2. The van der Waals surface area contributed by atoms with E-state index < -0.39 is 0 Å². The molecule has 1 fully saturated rings. The van der Waals surface area contributed by atoms with Crippen molar-refractivity contribution < 1.29 is 14.2 Å². The minimum absolute atomic E-state index is 0.200. The maximum atomic E-state index is 5.80. The van der Waals surface area contributed by atoms with Gasteiger partial charge in [-0.3, -0.25) is 0 Å². The first kappa shape index (κ1) is 13.7. The van der Waals surface area contributed by atoms with E-state index in [1.165, 1.54) is 18.4 Å². The van der Waals surface area contributed by atoms with E-state index in [0.29, 0.717) is 6.61 Å². The summed E-state index contributed by atoms with van der Waals surface area (Å²) in [6.07, 6.45) is 3.59. The second-order valence-corrected chi connectivity index (χ2v) is 5.58. The third kappa shape index (κ3) is 3.44. The highest BCUT2D eigenvalue weighted by molar-refractivity contribution is 5.44. The molecule has 1 atom stereocenters. The molecular formula is C16H23NO3. The number of hydrogen-bond donors (Lipinski definition) is 1. The minimum atomic E-state index is 0.200. The van der Waals surface area contributed by atoms with Crippen molar-refractivity contribution in [1.29, 1.82) is 0 Å². The highest BCUT2D eigenvalue weighted by Gasteiger charge is 2.22. The number of likely N-dealkylation sites (N-methyl/N-ethyl adjacent to an activating group) is 1. The zero-order valence-corrected chi connectivity index (χ0v) is 12.1. The van der Waals surface area contributed by atoms with Crippen LogP contribution < -0.4 is 14.8 Å². The normalized spacial score (nSPS) is 19.4. The molecule has 0 radical (unpaired) electrons. The van der Waals surface area contributed by atoms with Gasteiger partial charge in [0.05, 0.1) is 25.9 Å². The maximum Gasteiger partial charge on any atom is 0.161 e. The molecule has 0 amide bonds. The predicted octanol–water partition coefficient (Wildman–Crippen LogP) is 2.54. The molecule has 1 aliphatic carbocycles. The quantitative estimate of drug-likeness (QED) is 0.867. The largest absolute Gasteiger partial charge is 0.490 e. The van der Waals surface area contributed by atoms with E-state index in [9.17, 15) is 0 Å². The van der Waals surface area contributed by atoms with Gasteiger partial charge in [0.2, 0.25) is 0 Å². The summed E-state index contributed by atoms with van der Waals surface area (Å²) < 4.78 is 17.2. The van der Waals surface area contributed by atoms with Crippen LogP contribution in [-0.2, 0) is 4.74 Å². The summed E-state index contributed by atoms with van der Waals surface area (Å²) in [7, 11) is 1.97. The summed E-state index contributed by atoms with van der Waals surface area (Å²) >= 11 is 0. The average Bonchev–Trinajstić information content (AvgIpc) is 3.29. The molecule has 1 aromatic rings. The topological polar surface area (TPSA) is 39.7 Å². The van der Waals surface area contributed by atoms with Gasteiger partial charge in [0, 0.05) is 13.0 Å². The summed E-state index contributed by atoms with van der Waals surface area (Å²) in [6.45, 7) is 3.04. The summed E-state index contributed by atoms with van der Waals surface area (Å²) in [4.78, 5) is 0. The molecule has 1 aliphatic heterocycles. The third-order valence-electron chi connectivity index (χ3n) is 3.86. The lowest BCUT2D eigenvalue weighted by Gasteiger charge is -2.18. The molecule has 1 heterocycles. The molecule has 1 saturated carbocycles. The van der Waals surface area contributed by atoms with Gasteiger partial charge in [0.1, 0.15) is 0 Å². The van der Waals surface area contributed by atoms with Crippen molar-refractivity contribution in [3.05, 3.63) is 23.8 Å². The Hall–Kier alpha value is -1.26. The van der Waals surface area contributed by atoms with E-state index in [2.05, 4.69) is 17.4 Å². The van der Waals surface area contributed by atoms with Crippen LogP contribution in [0.15, 0.2) is 18.2 Å². The van der Waals surface area contributed by atoms with Crippen LogP contribution in [0.4, 0.5) is 0 Å². The van der Waals surface area contributed by atoms with Gasteiger partial charge in [-0.1, -0.05) is 6.07 Å². The molecule has 0 saturated heterocycles. The van der Waals surface area contributed by atoms with Gasteiger partial charge >= 0.3 is 0 Å². The molecule has 110 valence electrons. The fourth-order valence-corrected chi connectivity index (χ4v) is 2.38. The van der Waals surface area contributed by atoms with Crippen LogP contribution in [0.5, 0.6) is 11.5 Å².